The monoisotopic (exact) mass is 452 g/mol. The minimum absolute atomic E-state index is 0.251. The van der Waals surface area contributed by atoms with Crippen LogP contribution in [-0.2, 0) is 16.2 Å². The molecule has 0 spiro atoms. The van der Waals surface area contributed by atoms with Crippen LogP contribution in [0, 0.1) is 13.8 Å². The summed E-state index contributed by atoms with van der Waals surface area (Å²) in [6, 6.07) is 17.9. The lowest BCUT2D eigenvalue weighted by Crippen LogP contribution is -2.28. The Bertz CT molecular complexity index is 1090. The molecule has 0 saturated heterocycles. The molecule has 148 valence electrons. The molecule has 1 aromatic heterocycles. The van der Waals surface area contributed by atoms with Crippen molar-refractivity contribution < 1.29 is 9.63 Å². The lowest BCUT2D eigenvalue weighted by Gasteiger charge is -2.08. The summed E-state index contributed by atoms with van der Waals surface area (Å²) in [7, 11) is 0. The fraction of sp³-hybridized carbons (Fsp3) is 0.227. The maximum Gasteiger partial charge on any atom is 0.269 e. The number of aromatic nitrogens is 2. The molecule has 1 aliphatic heterocycles. The number of nitrogens with zero attached hydrogens (tertiary/aromatic N) is 3. The molecule has 6 nitrogen and oxygen atoms in total. The van der Waals surface area contributed by atoms with E-state index in [-0.39, 0.29) is 5.91 Å². The van der Waals surface area contributed by atoms with Gasteiger partial charge in [0.2, 0.25) is 6.10 Å². The zero-order valence-electron chi connectivity index (χ0n) is 16.2. The Hall–Kier alpha value is -2.93. The molecule has 1 amide bonds. The number of nitrogens with one attached hydrogen (secondary N) is 1. The molecule has 0 aliphatic carbocycles. The SMILES string of the molecule is Cc1cccc(Cn2nc(NC(=O)C3CC(c4cccc(Br)c4)=NO3)cc2C)c1. The summed E-state index contributed by atoms with van der Waals surface area (Å²) in [5, 5.41) is 11.5. The minimum Gasteiger partial charge on any atom is -0.382 e. The highest BCUT2D eigenvalue weighted by Crippen LogP contribution is 2.21. The van der Waals surface area contributed by atoms with Gasteiger partial charge >= 0.3 is 0 Å². The molecule has 0 radical (unpaired) electrons. The van der Waals surface area contributed by atoms with Crippen LogP contribution in [0.2, 0.25) is 0 Å². The van der Waals surface area contributed by atoms with Crippen molar-refractivity contribution in [1.29, 1.82) is 0 Å². The highest BCUT2D eigenvalue weighted by atomic mass is 79.9. The molecular formula is C22H21BrN4O2. The first-order valence-electron chi connectivity index (χ1n) is 9.37. The second-order valence-corrected chi connectivity index (χ2v) is 8.07. The minimum atomic E-state index is -0.661. The van der Waals surface area contributed by atoms with E-state index < -0.39 is 6.10 Å². The third kappa shape index (κ3) is 4.56. The summed E-state index contributed by atoms with van der Waals surface area (Å²) in [5.41, 5.74) is 5.04. The molecule has 2 heterocycles. The number of carbonyl (C=O) groups excluding carboxylic acids is 1. The molecule has 4 rings (SSSR count). The number of aryl methyl sites for hydroxylation is 2. The van der Waals surface area contributed by atoms with E-state index in [0.717, 1.165) is 21.4 Å². The lowest BCUT2D eigenvalue weighted by atomic mass is 10.0. The van der Waals surface area contributed by atoms with Gasteiger partial charge in [-0.05, 0) is 31.5 Å². The second-order valence-electron chi connectivity index (χ2n) is 7.15. The van der Waals surface area contributed by atoms with Crippen molar-refractivity contribution in [3.63, 3.8) is 0 Å². The standard InChI is InChI=1S/C22H21BrN4O2/c1-14-5-3-6-16(9-14)13-27-15(2)10-21(25-27)24-22(28)20-12-19(26-29-20)17-7-4-8-18(23)11-17/h3-11,20H,12-13H2,1-2H3,(H,24,25,28). The smallest absolute Gasteiger partial charge is 0.269 e. The van der Waals surface area contributed by atoms with Crippen molar-refractivity contribution in [2.24, 2.45) is 5.16 Å². The Morgan fingerprint density at radius 2 is 2.03 bits per heavy atom. The van der Waals surface area contributed by atoms with E-state index in [1.54, 1.807) is 0 Å². The van der Waals surface area contributed by atoms with Gasteiger partial charge in [0, 0.05) is 28.2 Å². The van der Waals surface area contributed by atoms with Gasteiger partial charge in [-0.15, -0.1) is 0 Å². The fourth-order valence-corrected chi connectivity index (χ4v) is 3.68. The highest BCUT2D eigenvalue weighted by molar-refractivity contribution is 9.10. The lowest BCUT2D eigenvalue weighted by molar-refractivity contribution is -0.125. The van der Waals surface area contributed by atoms with Crippen LogP contribution < -0.4 is 5.32 Å². The predicted molar refractivity (Wildman–Crippen MR) is 116 cm³/mol. The summed E-state index contributed by atoms with van der Waals surface area (Å²) < 4.78 is 2.84. The summed E-state index contributed by atoms with van der Waals surface area (Å²) in [4.78, 5) is 18.0. The van der Waals surface area contributed by atoms with E-state index in [4.69, 9.17) is 4.84 Å². The molecule has 7 heteroatoms. The van der Waals surface area contributed by atoms with E-state index >= 15 is 0 Å². The van der Waals surface area contributed by atoms with Crippen LogP contribution in [0.25, 0.3) is 0 Å². The number of benzene rings is 2. The first-order valence-corrected chi connectivity index (χ1v) is 10.2. The number of halogens is 1. The number of carbonyl (C=O) groups is 1. The van der Waals surface area contributed by atoms with Gasteiger partial charge in [-0.1, -0.05) is 63.0 Å². The predicted octanol–water partition coefficient (Wildman–Crippen LogP) is 4.44. The Morgan fingerprint density at radius 3 is 2.83 bits per heavy atom. The average molecular weight is 453 g/mol. The van der Waals surface area contributed by atoms with E-state index in [0.29, 0.717) is 18.8 Å². The molecular weight excluding hydrogens is 432 g/mol. The molecule has 0 fully saturated rings. The summed E-state index contributed by atoms with van der Waals surface area (Å²) in [5.74, 6) is 0.263. The first kappa shape index (κ1) is 19.4. The van der Waals surface area contributed by atoms with Crippen molar-refractivity contribution in [2.45, 2.75) is 32.9 Å². The zero-order valence-corrected chi connectivity index (χ0v) is 17.8. The van der Waals surface area contributed by atoms with Crippen molar-refractivity contribution in [2.75, 3.05) is 5.32 Å². The highest BCUT2D eigenvalue weighted by Gasteiger charge is 2.29. The van der Waals surface area contributed by atoms with Gasteiger partial charge in [-0.25, -0.2) is 0 Å². The van der Waals surface area contributed by atoms with Gasteiger partial charge in [-0.2, -0.15) is 5.10 Å². The van der Waals surface area contributed by atoms with Crippen molar-refractivity contribution >= 4 is 33.4 Å². The molecule has 0 bridgehead atoms. The summed E-state index contributed by atoms with van der Waals surface area (Å²) >= 11 is 3.45. The number of anilines is 1. The maximum atomic E-state index is 12.6. The molecule has 1 aliphatic rings. The number of hydrogen-bond acceptors (Lipinski definition) is 4. The first-order chi connectivity index (χ1) is 14.0. The van der Waals surface area contributed by atoms with E-state index in [1.165, 1.54) is 11.1 Å². The molecule has 29 heavy (non-hydrogen) atoms. The van der Waals surface area contributed by atoms with Gasteiger partial charge in [0.1, 0.15) is 0 Å². The average Bonchev–Trinajstić information content (AvgIpc) is 3.29. The molecule has 3 aromatic rings. The Balaban J connectivity index is 1.39. The molecule has 1 unspecified atom stereocenters. The van der Waals surface area contributed by atoms with Gasteiger partial charge < -0.3 is 10.2 Å². The Kier molecular flexibility index (Phi) is 5.49. The third-order valence-corrected chi connectivity index (χ3v) is 5.26. The zero-order chi connectivity index (χ0) is 20.4. The van der Waals surface area contributed by atoms with E-state index in [9.17, 15) is 4.79 Å². The summed E-state index contributed by atoms with van der Waals surface area (Å²) in [6.45, 7) is 4.69. The third-order valence-electron chi connectivity index (χ3n) is 4.77. The quantitative estimate of drug-likeness (QED) is 0.621. The topological polar surface area (TPSA) is 68.5 Å². The van der Waals surface area contributed by atoms with Crippen molar-refractivity contribution in [3.05, 3.63) is 81.5 Å². The Morgan fingerprint density at radius 1 is 1.21 bits per heavy atom. The molecule has 0 saturated carbocycles. The number of amides is 1. The van der Waals surface area contributed by atoms with E-state index in [2.05, 4.69) is 56.6 Å². The number of hydrogen-bond donors (Lipinski definition) is 1. The van der Waals surface area contributed by atoms with Crippen LogP contribution >= 0.6 is 15.9 Å². The largest absolute Gasteiger partial charge is 0.382 e. The van der Waals surface area contributed by atoms with Crippen LogP contribution in [0.3, 0.4) is 0 Å². The second kappa shape index (κ2) is 8.21. The number of rotatable bonds is 5. The van der Waals surface area contributed by atoms with Crippen LogP contribution in [0.5, 0.6) is 0 Å². The van der Waals surface area contributed by atoms with Gasteiger partial charge in [-0.3, -0.25) is 9.48 Å². The van der Waals surface area contributed by atoms with Gasteiger partial charge in [0.15, 0.2) is 5.82 Å². The van der Waals surface area contributed by atoms with Crippen molar-refractivity contribution in [1.82, 2.24) is 9.78 Å². The molecule has 2 aromatic carbocycles. The van der Waals surface area contributed by atoms with Crippen molar-refractivity contribution in [3.8, 4) is 0 Å². The van der Waals surface area contributed by atoms with Crippen LogP contribution in [0.4, 0.5) is 5.82 Å². The number of oxime groups is 1. The fourth-order valence-electron chi connectivity index (χ4n) is 3.28. The molecule has 1 atom stereocenters. The Labute approximate surface area is 177 Å². The van der Waals surface area contributed by atoms with Crippen LogP contribution in [0.1, 0.15) is 28.8 Å². The summed E-state index contributed by atoms with van der Waals surface area (Å²) in [6.07, 6.45) is -0.239. The normalized spacial score (nSPS) is 15.7. The van der Waals surface area contributed by atoms with Gasteiger partial charge in [0.25, 0.3) is 5.91 Å². The molecule has 1 N–H and O–H groups in total. The maximum absolute atomic E-state index is 12.6. The van der Waals surface area contributed by atoms with Gasteiger partial charge in [0.05, 0.1) is 12.3 Å². The van der Waals surface area contributed by atoms with Crippen LogP contribution in [0.15, 0.2) is 64.2 Å². The van der Waals surface area contributed by atoms with E-state index in [1.807, 2.05) is 48.0 Å². The van der Waals surface area contributed by atoms with Crippen LogP contribution in [-0.4, -0.2) is 27.5 Å².